The van der Waals surface area contributed by atoms with E-state index in [1.807, 2.05) is 13.0 Å². The molecule has 1 aliphatic rings. The van der Waals surface area contributed by atoms with Gasteiger partial charge in [-0.15, -0.1) is 0 Å². The van der Waals surface area contributed by atoms with Crippen LogP contribution in [0, 0.1) is 0 Å². The van der Waals surface area contributed by atoms with Gasteiger partial charge in [-0.3, -0.25) is 0 Å². The van der Waals surface area contributed by atoms with E-state index in [2.05, 4.69) is 24.1 Å². The molecule has 0 amide bonds. The second-order valence-corrected chi connectivity index (χ2v) is 3.22. The van der Waals surface area contributed by atoms with Crippen LogP contribution in [0.5, 0.6) is 0 Å². The molecule has 0 aromatic carbocycles. The Labute approximate surface area is 80.2 Å². The van der Waals surface area contributed by atoms with Gasteiger partial charge in [0.1, 0.15) is 0 Å². The molecule has 72 valence electrons. The zero-order valence-corrected chi connectivity index (χ0v) is 8.25. The Kier molecular flexibility index (Phi) is 3.77. The Balaban J connectivity index is 2.64. The molecule has 13 heavy (non-hydrogen) atoms. The molecule has 0 aromatic heterocycles. The molecule has 0 aromatic rings. The molecule has 0 unspecified atom stereocenters. The van der Waals surface area contributed by atoms with E-state index in [0.29, 0.717) is 0 Å². The molecule has 0 saturated carbocycles. The maximum atomic E-state index is 5.27. The van der Waals surface area contributed by atoms with E-state index < -0.39 is 0 Å². The molecular weight excluding hydrogens is 162 g/mol. The third-order valence-corrected chi connectivity index (χ3v) is 1.98. The minimum Gasteiger partial charge on any atom is -0.378 e. The van der Waals surface area contributed by atoms with Gasteiger partial charge in [0.2, 0.25) is 0 Å². The number of nitrogens with zero attached hydrogens (tertiary/aromatic N) is 1. The van der Waals surface area contributed by atoms with Gasteiger partial charge in [-0.2, -0.15) is 0 Å². The lowest BCUT2D eigenvalue weighted by Crippen LogP contribution is -2.35. The van der Waals surface area contributed by atoms with E-state index in [0.717, 1.165) is 37.6 Å². The molecular formula is C11H17NO. The quantitative estimate of drug-likeness (QED) is 0.614. The van der Waals surface area contributed by atoms with E-state index in [4.69, 9.17) is 4.74 Å². The van der Waals surface area contributed by atoms with Crippen molar-refractivity contribution in [2.75, 3.05) is 26.3 Å². The van der Waals surface area contributed by atoms with Gasteiger partial charge in [0, 0.05) is 18.8 Å². The summed E-state index contributed by atoms with van der Waals surface area (Å²) in [5.41, 5.74) is 2.21. The molecule has 2 heteroatoms. The van der Waals surface area contributed by atoms with Crippen LogP contribution in [-0.2, 0) is 4.74 Å². The highest BCUT2D eigenvalue weighted by Crippen LogP contribution is 2.10. The topological polar surface area (TPSA) is 12.5 Å². The summed E-state index contributed by atoms with van der Waals surface area (Å²) in [6.07, 6.45) is 3.93. The largest absolute Gasteiger partial charge is 0.378 e. The predicted octanol–water partition coefficient (Wildman–Crippen LogP) is 1.96. The molecule has 1 fully saturated rings. The number of hydrogen-bond donors (Lipinski definition) is 0. The van der Waals surface area contributed by atoms with Crippen molar-refractivity contribution in [3.63, 3.8) is 0 Å². The van der Waals surface area contributed by atoms with E-state index in [9.17, 15) is 0 Å². The summed E-state index contributed by atoms with van der Waals surface area (Å²) >= 11 is 0. The fourth-order valence-electron chi connectivity index (χ4n) is 1.35. The van der Waals surface area contributed by atoms with Gasteiger partial charge < -0.3 is 9.64 Å². The van der Waals surface area contributed by atoms with Crippen molar-refractivity contribution in [3.8, 4) is 0 Å². The molecule has 0 atom stereocenters. The Hall–Kier alpha value is -1.02. The summed E-state index contributed by atoms with van der Waals surface area (Å²) in [4.78, 5) is 2.27. The molecule has 1 saturated heterocycles. The van der Waals surface area contributed by atoms with Gasteiger partial charge in [-0.1, -0.05) is 18.7 Å². The number of ether oxygens (including phenoxy) is 1. The monoisotopic (exact) mass is 179 g/mol. The second kappa shape index (κ2) is 4.87. The third kappa shape index (κ3) is 3.07. The van der Waals surface area contributed by atoms with Crippen molar-refractivity contribution in [2.45, 2.75) is 6.92 Å². The second-order valence-electron chi connectivity index (χ2n) is 3.22. The summed E-state index contributed by atoms with van der Waals surface area (Å²) in [5.74, 6) is 0. The number of hydrogen-bond acceptors (Lipinski definition) is 2. The Morgan fingerprint density at radius 3 is 2.46 bits per heavy atom. The average molecular weight is 179 g/mol. The average Bonchev–Trinajstić information content (AvgIpc) is 2.15. The zero-order chi connectivity index (χ0) is 9.68. The van der Waals surface area contributed by atoms with E-state index >= 15 is 0 Å². The molecule has 2 nitrogen and oxygen atoms in total. The lowest BCUT2D eigenvalue weighted by atomic mass is 10.2. The van der Waals surface area contributed by atoms with Gasteiger partial charge in [0.05, 0.1) is 13.2 Å². The lowest BCUT2D eigenvalue weighted by Gasteiger charge is -2.29. The lowest BCUT2D eigenvalue weighted by molar-refractivity contribution is 0.0554. The first kappa shape index (κ1) is 10.1. The van der Waals surface area contributed by atoms with E-state index in [-0.39, 0.29) is 0 Å². The molecule has 0 aliphatic carbocycles. The minimum absolute atomic E-state index is 0.807. The summed E-state index contributed by atoms with van der Waals surface area (Å²) in [6, 6.07) is 0. The fourth-order valence-corrected chi connectivity index (χ4v) is 1.35. The van der Waals surface area contributed by atoms with Gasteiger partial charge in [-0.05, 0) is 19.1 Å². The summed E-state index contributed by atoms with van der Waals surface area (Å²) < 4.78 is 5.27. The first-order chi connectivity index (χ1) is 6.24. The van der Waals surface area contributed by atoms with Crippen LogP contribution >= 0.6 is 0 Å². The fraction of sp³-hybridized carbons (Fsp3) is 0.455. The van der Waals surface area contributed by atoms with Crippen LogP contribution in [0.2, 0.25) is 0 Å². The van der Waals surface area contributed by atoms with Crippen molar-refractivity contribution in [1.29, 1.82) is 0 Å². The molecule has 1 heterocycles. The normalized spacial score (nSPS) is 18.5. The van der Waals surface area contributed by atoms with Crippen LogP contribution in [0.1, 0.15) is 6.92 Å². The maximum absolute atomic E-state index is 5.27. The van der Waals surface area contributed by atoms with Gasteiger partial charge >= 0.3 is 0 Å². The van der Waals surface area contributed by atoms with Gasteiger partial charge in [0.25, 0.3) is 0 Å². The standard InChI is InChI=1S/C11H17NO/c1-4-11(9-10(2)3)12-5-7-13-8-6-12/h4,9H,1-2,5-8H2,3H3/b11-9+. The number of allylic oxidation sites excluding steroid dienone is 3. The summed E-state index contributed by atoms with van der Waals surface area (Å²) in [5, 5.41) is 0. The van der Waals surface area contributed by atoms with Crippen LogP contribution < -0.4 is 0 Å². The minimum atomic E-state index is 0.807. The highest BCUT2D eigenvalue weighted by Gasteiger charge is 2.10. The SMILES string of the molecule is C=C/C(=C\C(=C)C)N1CCOCC1. The van der Waals surface area contributed by atoms with Crippen LogP contribution in [-0.4, -0.2) is 31.2 Å². The van der Waals surface area contributed by atoms with Crippen LogP contribution in [0.15, 0.2) is 36.6 Å². The number of rotatable bonds is 3. The number of morpholine rings is 1. The highest BCUT2D eigenvalue weighted by molar-refractivity contribution is 5.25. The smallest absolute Gasteiger partial charge is 0.0642 e. The zero-order valence-electron chi connectivity index (χ0n) is 8.25. The first-order valence-corrected chi connectivity index (χ1v) is 4.56. The molecule has 0 spiro atoms. The molecule has 1 aliphatic heterocycles. The Morgan fingerprint density at radius 1 is 1.38 bits per heavy atom. The maximum Gasteiger partial charge on any atom is 0.0642 e. The Bertz CT molecular complexity index is 224. The third-order valence-electron chi connectivity index (χ3n) is 1.98. The predicted molar refractivity (Wildman–Crippen MR) is 55.5 cm³/mol. The van der Waals surface area contributed by atoms with Crippen LogP contribution in [0.25, 0.3) is 0 Å². The van der Waals surface area contributed by atoms with Crippen LogP contribution in [0.4, 0.5) is 0 Å². The van der Waals surface area contributed by atoms with Crippen molar-refractivity contribution >= 4 is 0 Å². The van der Waals surface area contributed by atoms with Gasteiger partial charge in [0.15, 0.2) is 0 Å². The van der Waals surface area contributed by atoms with Crippen molar-refractivity contribution in [3.05, 3.63) is 36.6 Å². The molecule has 0 N–H and O–H groups in total. The van der Waals surface area contributed by atoms with Gasteiger partial charge in [-0.25, -0.2) is 0 Å². The summed E-state index contributed by atoms with van der Waals surface area (Å²) in [6.45, 7) is 13.2. The molecule has 0 radical (unpaired) electrons. The highest BCUT2D eigenvalue weighted by atomic mass is 16.5. The molecule has 1 rings (SSSR count). The van der Waals surface area contributed by atoms with E-state index in [1.54, 1.807) is 0 Å². The van der Waals surface area contributed by atoms with Crippen molar-refractivity contribution in [1.82, 2.24) is 4.90 Å². The van der Waals surface area contributed by atoms with Crippen molar-refractivity contribution < 1.29 is 4.74 Å². The van der Waals surface area contributed by atoms with Crippen molar-refractivity contribution in [2.24, 2.45) is 0 Å². The molecule has 0 bridgehead atoms. The van der Waals surface area contributed by atoms with E-state index in [1.165, 1.54) is 0 Å². The summed E-state index contributed by atoms with van der Waals surface area (Å²) in [7, 11) is 0. The van der Waals surface area contributed by atoms with Crippen LogP contribution in [0.3, 0.4) is 0 Å². The first-order valence-electron chi connectivity index (χ1n) is 4.56. The Morgan fingerprint density at radius 2 is 2.00 bits per heavy atom.